The molecule has 3 rings (SSSR count). The molecule has 9 amide bonds. The van der Waals surface area contributed by atoms with Crippen LogP contribution in [-0.4, -0.2) is 321 Å². The number of aliphatic hydroxyl groups is 9. The number of hydrogen-bond donors (Lipinski definition) is 18. The van der Waals surface area contributed by atoms with Crippen molar-refractivity contribution in [2.24, 2.45) is 0 Å². The Kier molecular flexibility index (Phi) is 42.1. The number of aliphatic hydroxyl groups excluding tert-OH is 9. The Bertz CT molecular complexity index is 2390. The van der Waals surface area contributed by atoms with Gasteiger partial charge in [-0.1, -0.05) is 12.8 Å². The summed E-state index contributed by atoms with van der Waals surface area (Å²) in [6, 6.07) is -6.25. The first-order chi connectivity index (χ1) is 46.6. The van der Waals surface area contributed by atoms with E-state index in [-0.39, 0.29) is 129 Å². The fourth-order valence-corrected chi connectivity index (χ4v) is 10.2. The summed E-state index contributed by atoms with van der Waals surface area (Å²) in [5.74, 6) is -5.32. The molecule has 18 N–H and O–H groups in total. The third-order valence-corrected chi connectivity index (χ3v) is 15.3. The van der Waals surface area contributed by atoms with Gasteiger partial charge in [0, 0.05) is 79.2 Å². The van der Waals surface area contributed by atoms with Crippen LogP contribution in [0.2, 0.25) is 0 Å². The standard InChI is InChI=1S/C61H109N9O28/c1-35(74)66-47-53(84)50(81)40(32-71)96-58(47)92-29-26-89-23-19-63-44(78)16-14-38(56(87)64-20-24-90-27-30-93-59-48(67-36(2)75)54(85)51(82)41(33-72)97-59)70-46(80)17-15-39(69-45(79)13-11-12-43(77)62-18-9-7-8-10-22-95-61(4,5)6)57(88)65-21-25-91-28-31-94-60-49(68-37(3)76)55(86)52(83)42(34-73)98-60/h38-42,47-55,58-60,71-73,81-86H,7-34H2,1-6H3,(H,62,77)(H,63,78)(H,64,87)(H,65,88)(H,66,74)(H,67,75)(H,68,76)(H,69,79)(H,70,80). The van der Waals surface area contributed by atoms with Crippen molar-refractivity contribution in [3.05, 3.63) is 0 Å². The molecule has 17 atom stereocenters. The Balaban J connectivity index is 1.64. The number of amides is 9. The van der Waals surface area contributed by atoms with Gasteiger partial charge in [-0.15, -0.1) is 0 Å². The van der Waals surface area contributed by atoms with Crippen LogP contribution in [0.15, 0.2) is 0 Å². The molecule has 3 aliphatic rings. The van der Waals surface area contributed by atoms with Gasteiger partial charge in [-0.05, 0) is 52.9 Å². The van der Waals surface area contributed by atoms with Crippen LogP contribution in [-0.2, 0) is 90.5 Å². The fraction of sp³-hybridized carbons (Fsp3) is 0.852. The zero-order chi connectivity index (χ0) is 72.7. The second-order valence-corrected chi connectivity index (χ2v) is 24.6. The summed E-state index contributed by atoms with van der Waals surface area (Å²) in [4.78, 5) is 116. The van der Waals surface area contributed by atoms with Crippen LogP contribution in [0.5, 0.6) is 0 Å². The van der Waals surface area contributed by atoms with E-state index in [1.807, 2.05) is 20.8 Å². The van der Waals surface area contributed by atoms with Crippen molar-refractivity contribution in [1.82, 2.24) is 47.9 Å². The number of hydrogen-bond acceptors (Lipinski definition) is 28. The van der Waals surface area contributed by atoms with E-state index in [2.05, 4.69) is 47.9 Å². The maximum atomic E-state index is 13.8. The molecule has 0 saturated carbocycles. The first-order valence-corrected chi connectivity index (χ1v) is 33.2. The molecule has 3 saturated heterocycles. The Morgan fingerprint density at radius 3 is 1.10 bits per heavy atom. The van der Waals surface area contributed by atoms with Crippen LogP contribution in [0, 0.1) is 0 Å². The Labute approximate surface area is 569 Å². The highest BCUT2D eigenvalue weighted by atomic mass is 16.7. The zero-order valence-electron chi connectivity index (χ0n) is 56.9. The highest BCUT2D eigenvalue weighted by Crippen LogP contribution is 2.25. The molecule has 3 fully saturated rings. The number of unbranched alkanes of at least 4 members (excludes halogenated alkanes) is 3. The average Bonchev–Trinajstić information content (AvgIpc) is 0.824. The summed E-state index contributed by atoms with van der Waals surface area (Å²) >= 11 is 0. The summed E-state index contributed by atoms with van der Waals surface area (Å²) < 4.78 is 56.0. The van der Waals surface area contributed by atoms with Crippen LogP contribution in [0.3, 0.4) is 0 Å². The third kappa shape index (κ3) is 33.8. The molecule has 37 heteroatoms. The molecule has 0 spiro atoms. The number of ether oxygens (including phenoxy) is 10. The van der Waals surface area contributed by atoms with Gasteiger partial charge in [-0.25, -0.2) is 0 Å². The zero-order valence-corrected chi connectivity index (χ0v) is 56.9. The highest BCUT2D eigenvalue weighted by molar-refractivity contribution is 5.90. The number of carbonyl (C=O) groups is 9. The maximum Gasteiger partial charge on any atom is 0.242 e. The van der Waals surface area contributed by atoms with E-state index in [0.717, 1.165) is 25.7 Å². The molecular formula is C61H109N9O28. The molecule has 566 valence electrons. The second-order valence-electron chi connectivity index (χ2n) is 24.6. The maximum absolute atomic E-state index is 13.8. The van der Waals surface area contributed by atoms with Crippen molar-refractivity contribution in [1.29, 1.82) is 0 Å². The largest absolute Gasteiger partial charge is 0.394 e. The molecular weight excluding hydrogens is 1310 g/mol. The number of nitrogens with one attached hydrogen (secondary N) is 9. The van der Waals surface area contributed by atoms with Crippen LogP contribution in [0.4, 0.5) is 0 Å². The Hall–Kier alpha value is -5.53. The van der Waals surface area contributed by atoms with Crippen molar-refractivity contribution in [2.75, 3.05) is 112 Å². The minimum Gasteiger partial charge on any atom is -0.394 e. The minimum atomic E-state index is -1.54. The lowest BCUT2D eigenvalue weighted by Gasteiger charge is -2.42. The summed E-state index contributed by atoms with van der Waals surface area (Å²) in [7, 11) is 0. The average molecular weight is 1420 g/mol. The molecule has 0 aromatic heterocycles. The summed E-state index contributed by atoms with van der Waals surface area (Å²) in [5, 5.41) is 115. The van der Waals surface area contributed by atoms with Gasteiger partial charge >= 0.3 is 0 Å². The van der Waals surface area contributed by atoms with Crippen LogP contribution in [0.1, 0.15) is 112 Å². The van der Waals surface area contributed by atoms with Gasteiger partial charge in [0.2, 0.25) is 53.2 Å². The van der Waals surface area contributed by atoms with E-state index in [1.54, 1.807) is 0 Å². The van der Waals surface area contributed by atoms with Crippen LogP contribution < -0.4 is 47.9 Å². The van der Waals surface area contributed by atoms with E-state index in [9.17, 15) is 89.1 Å². The quantitative estimate of drug-likeness (QED) is 0.0252. The lowest BCUT2D eigenvalue weighted by Crippen LogP contribution is -2.64. The first kappa shape index (κ1) is 86.7. The molecule has 98 heavy (non-hydrogen) atoms. The number of carbonyl (C=O) groups excluding carboxylic acids is 9. The molecule has 37 nitrogen and oxygen atoms in total. The van der Waals surface area contributed by atoms with E-state index < -0.39 is 178 Å². The fourth-order valence-electron chi connectivity index (χ4n) is 10.2. The van der Waals surface area contributed by atoms with Gasteiger partial charge in [0.15, 0.2) is 18.9 Å². The van der Waals surface area contributed by atoms with E-state index in [1.165, 1.54) is 20.8 Å². The van der Waals surface area contributed by atoms with Gasteiger partial charge < -0.3 is 141 Å². The summed E-state index contributed by atoms with van der Waals surface area (Å²) in [5.41, 5.74) is -0.221. The number of rotatable bonds is 48. The topological polar surface area (TPSA) is 536 Å². The Morgan fingerprint density at radius 2 is 0.724 bits per heavy atom. The van der Waals surface area contributed by atoms with Crippen molar-refractivity contribution in [3.8, 4) is 0 Å². The summed E-state index contributed by atoms with van der Waals surface area (Å²) in [6.07, 6.45) is -14.5. The first-order valence-electron chi connectivity index (χ1n) is 33.2. The van der Waals surface area contributed by atoms with Crippen molar-refractivity contribution >= 4 is 53.2 Å². The highest BCUT2D eigenvalue weighted by Gasteiger charge is 2.48. The van der Waals surface area contributed by atoms with Crippen molar-refractivity contribution in [3.63, 3.8) is 0 Å². The van der Waals surface area contributed by atoms with Crippen LogP contribution in [0.25, 0.3) is 0 Å². The third-order valence-electron chi connectivity index (χ3n) is 15.3. The predicted molar refractivity (Wildman–Crippen MR) is 339 cm³/mol. The molecule has 3 aliphatic heterocycles. The summed E-state index contributed by atoms with van der Waals surface area (Å²) in [6.45, 7) is 7.34. The van der Waals surface area contributed by atoms with Crippen molar-refractivity contribution in [2.45, 2.75) is 222 Å². The Morgan fingerprint density at radius 1 is 0.388 bits per heavy atom. The normalized spacial score (nSPS) is 26.2. The van der Waals surface area contributed by atoms with Gasteiger partial charge in [-0.3, -0.25) is 43.2 Å². The lowest BCUT2D eigenvalue weighted by atomic mass is 9.97. The van der Waals surface area contributed by atoms with Gasteiger partial charge in [0.25, 0.3) is 0 Å². The SMILES string of the molecule is CC(=O)NC1C(OCCOCCNC(=O)CCC(NC(=O)CCC(NC(=O)CCCC(=O)NCCCCCCOC(C)(C)C)C(=O)NCCOCCOC2OC(CO)C(O)C(O)C2NC(C)=O)C(=O)NCCOCCOC2OC(CO)C(O)C(O)C2NC(C)=O)OC(CO)C(O)C1O. The van der Waals surface area contributed by atoms with Gasteiger partial charge in [-0.2, -0.15) is 0 Å². The van der Waals surface area contributed by atoms with E-state index in [0.29, 0.717) is 13.2 Å². The monoisotopic (exact) mass is 1420 g/mol. The molecule has 17 unspecified atom stereocenters. The van der Waals surface area contributed by atoms with Gasteiger partial charge in [0.05, 0.1) is 84.9 Å². The molecule has 0 aliphatic carbocycles. The van der Waals surface area contributed by atoms with Gasteiger partial charge in [0.1, 0.15) is 85.1 Å². The molecule has 0 aromatic carbocycles. The second kappa shape index (κ2) is 47.6. The minimum absolute atomic E-state index is 0.0137. The van der Waals surface area contributed by atoms with E-state index in [4.69, 9.17) is 47.4 Å². The molecule has 0 bridgehead atoms. The molecule has 0 aromatic rings. The molecule has 0 radical (unpaired) electrons. The molecule has 3 heterocycles. The smallest absolute Gasteiger partial charge is 0.242 e. The predicted octanol–water partition coefficient (Wildman–Crippen LogP) is -7.54. The van der Waals surface area contributed by atoms with Crippen LogP contribution >= 0.6 is 0 Å². The lowest BCUT2D eigenvalue weighted by molar-refractivity contribution is -0.272. The van der Waals surface area contributed by atoms with E-state index >= 15 is 0 Å². The van der Waals surface area contributed by atoms with Crippen molar-refractivity contribution < 1.29 is 136 Å².